The number of rotatable bonds is 3. The first kappa shape index (κ1) is 20.3. The fourth-order valence-corrected chi connectivity index (χ4v) is 7.56. The zero-order valence-corrected chi connectivity index (χ0v) is 18.8. The van der Waals surface area contributed by atoms with Crippen LogP contribution in [0.25, 0.3) is 0 Å². The second-order valence-corrected chi connectivity index (χ2v) is 10.8. The van der Waals surface area contributed by atoms with Gasteiger partial charge in [-0.25, -0.2) is 0 Å². The summed E-state index contributed by atoms with van der Waals surface area (Å²) in [4.78, 5) is 2.45. The van der Waals surface area contributed by atoms with Crippen LogP contribution in [0.5, 0.6) is 11.5 Å². The minimum absolute atomic E-state index is 0.0878. The van der Waals surface area contributed by atoms with Crippen LogP contribution in [0.3, 0.4) is 0 Å². The zero-order valence-electron chi connectivity index (χ0n) is 18.8. The molecule has 5 atom stereocenters. The van der Waals surface area contributed by atoms with Gasteiger partial charge in [0.15, 0.2) is 11.5 Å². The van der Waals surface area contributed by atoms with Crippen LogP contribution in [-0.2, 0) is 11.8 Å². The number of aromatic hydroxyl groups is 1. The Labute approximate surface area is 197 Å². The summed E-state index contributed by atoms with van der Waals surface area (Å²) in [5.41, 5.74) is 2.13. The third-order valence-corrected chi connectivity index (χ3v) is 9.20. The van der Waals surface area contributed by atoms with Gasteiger partial charge in [0, 0.05) is 24.6 Å². The number of hydrogen-bond donors (Lipinski definition) is 3. The lowest BCUT2D eigenvalue weighted by Gasteiger charge is -2.64. The maximum atomic E-state index is 12.6. The quantitative estimate of drug-likeness (QED) is 0.483. The molecule has 0 radical (unpaired) electrons. The molecular formula is C27H27N3O4. The first-order valence-corrected chi connectivity index (χ1v) is 12.2. The van der Waals surface area contributed by atoms with Crippen molar-refractivity contribution in [3.63, 3.8) is 0 Å². The average molecular weight is 458 g/mol. The lowest BCUT2D eigenvalue weighted by atomic mass is 9.46. The molecular weight excluding hydrogens is 430 g/mol. The third-order valence-electron chi connectivity index (χ3n) is 9.20. The highest BCUT2D eigenvalue weighted by molar-refractivity contribution is 5.95. The number of ether oxygens (including phenoxy) is 1. The monoisotopic (exact) mass is 457 g/mol. The highest BCUT2D eigenvalue weighted by Crippen LogP contribution is 2.67. The topological polar surface area (TPSA) is 109 Å². The van der Waals surface area contributed by atoms with Crippen LogP contribution in [0, 0.1) is 17.2 Å². The van der Waals surface area contributed by atoms with Gasteiger partial charge < -0.3 is 20.2 Å². The fraction of sp³-hybridized carbons (Fsp3) is 0.481. The summed E-state index contributed by atoms with van der Waals surface area (Å²) in [7, 11) is 0. The Hall–Kier alpha value is -3.08. The molecule has 3 fully saturated rings. The lowest BCUT2D eigenvalue weighted by molar-refractivity contribution is -0.170. The van der Waals surface area contributed by atoms with Crippen LogP contribution in [0.15, 0.2) is 41.6 Å². The minimum atomic E-state index is -1.17. The summed E-state index contributed by atoms with van der Waals surface area (Å²) >= 11 is 0. The first-order valence-electron chi connectivity index (χ1n) is 12.2. The SMILES string of the molecule is N#Cc1ccc(C2C(=NO)C[C@@]3(O)[C@H]4Cc5ccc(O)c6c5[C@@]3(CCN4CC3CC3)[C@H]2O6)cc1. The van der Waals surface area contributed by atoms with E-state index in [0.717, 1.165) is 29.8 Å². The van der Waals surface area contributed by atoms with Gasteiger partial charge in [-0.1, -0.05) is 23.4 Å². The van der Waals surface area contributed by atoms with Gasteiger partial charge >= 0.3 is 0 Å². The van der Waals surface area contributed by atoms with Crippen molar-refractivity contribution in [2.24, 2.45) is 11.1 Å². The molecule has 7 nitrogen and oxygen atoms in total. The summed E-state index contributed by atoms with van der Waals surface area (Å²) in [5.74, 6) is 0.857. The van der Waals surface area contributed by atoms with Crippen LogP contribution in [0.4, 0.5) is 0 Å². The normalized spacial score (nSPS) is 36.6. The van der Waals surface area contributed by atoms with E-state index in [1.165, 1.54) is 12.8 Å². The van der Waals surface area contributed by atoms with Gasteiger partial charge in [0.05, 0.1) is 34.3 Å². The molecule has 0 aromatic heterocycles. The van der Waals surface area contributed by atoms with Gasteiger partial charge in [0.2, 0.25) is 0 Å². The standard InChI is InChI=1S/C27H27N3O4/c28-13-15-3-5-17(6-4-15)22-19(29-33)12-27(32)21-11-18-7-8-20(31)24-23(18)26(27,25(22)34-24)9-10-30(21)14-16-1-2-16/h3-8,16,21-22,25,31-33H,1-2,9-12,14H2/t21-,22?,25+,26+,27-/m1/s1. The van der Waals surface area contributed by atoms with Crippen molar-refractivity contribution in [2.75, 3.05) is 13.1 Å². The molecule has 3 aliphatic carbocycles. The van der Waals surface area contributed by atoms with E-state index in [1.54, 1.807) is 18.2 Å². The van der Waals surface area contributed by atoms with Crippen molar-refractivity contribution in [1.29, 1.82) is 5.26 Å². The van der Waals surface area contributed by atoms with Gasteiger partial charge in [-0.05, 0) is 67.5 Å². The van der Waals surface area contributed by atoms with Crippen molar-refractivity contribution < 1.29 is 20.2 Å². The molecule has 3 N–H and O–H groups in total. The summed E-state index contributed by atoms with van der Waals surface area (Å²) in [5, 5.41) is 46.5. The van der Waals surface area contributed by atoms with E-state index in [-0.39, 0.29) is 18.2 Å². The van der Waals surface area contributed by atoms with Crippen LogP contribution in [0.2, 0.25) is 0 Å². The zero-order chi connectivity index (χ0) is 23.2. The van der Waals surface area contributed by atoms with Crippen LogP contribution in [0.1, 0.15) is 53.9 Å². The molecule has 1 saturated heterocycles. The lowest BCUT2D eigenvalue weighted by Crippen LogP contribution is -2.77. The Balaban J connectivity index is 1.43. The molecule has 0 amide bonds. The van der Waals surface area contributed by atoms with Crippen molar-refractivity contribution in [1.82, 2.24) is 4.90 Å². The number of hydrogen-bond acceptors (Lipinski definition) is 7. The van der Waals surface area contributed by atoms with Crippen LogP contribution in [-0.4, -0.2) is 56.9 Å². The molecule has 2 aliphatic heterocycles. The second kappa shape index (κ2) is 6.74. The maximum absolute atomic E-state index is 12.6. The molecule has 174 valence electrons. The van der Waals surface area contributed by atoms with E-state index in [4.69, 9.17) is 4.74 Å². The fourth-order valence-electron chi connectivity index (χ4n) is 7.56. The second-order valence-electron chi connectivity index (χ2n) is 10.8. The Morgan fingerprint density at radius 1 is 1.18 bits per heavy atom. The number of phenols is 1. The number of likely N-dealkylation sites (tertiary alicyclic amines) is 1. The van der Waals surface area contributed by atoms with Gasteiger partial charge in [0.25, 0.3) is 0 Å². The van der Waals surface area contributed by atoms with Crippen molar-refractivity contribution in [3.8, 4) is 17.6 Å². The van der Waals surface area contributed by atoms with Gasteiger partial charge in [-0.2, -0.15) is 5.26 Å². The molecule has 2 bridgehead atoms. The van der Waals surface area contributed by atoms with E-state index in [0.29, 0.717) is 35.8 Å². The molecule has 1 unspecified atom stereocenters. The molecule has 34 heavy (non-hydrogen) atoms. The summed E-state index contributed by atoms with van der Waals surface area (Å²) < 4.78 is 6.57. The number of piperidine rings is 1. The van der Waals surface area contributed by atoms with E-state index in [1.807, 2.05) is 18.2 Å². The van der Waals surface area contributed by atoms with Crippen molar-refractivity contribution in [3.05, 3.63) is 58.7 Å². The Kier molecular flexibility index (Phi) is 4.03. The largest absolute Gasteiger partial charge is 0.504 e. The van der Waals surface area contributed by atoms with E-state index >= 15 is 0 Å². The Bertz CT molecular complexity index is 1260. The Morgan fingerprint density at radius 3 is 2.68 bits per heavy atom. The summed E-state index contributed by atoms with van der Waals surface area (Å²) in [6.07, 6.45) is 3.62. The highest BCUT2D eigenvalue weighted by Gasteiger charge is 2.74. The molecule has 2 aromatic carbocycles. The molecule has 2 saturated carbocycles. The number of nitriles is 1. The van der Waals surface area contributed by atoms with Crippen molar-refractivity contribution >= 4 is 5.71 Å². The highest BCUT2D eigenvalue weighted by atomic mass is 16.5. The number of phenolic OH excluding ortho intramolecular Hbond substituents is 1. The molecule has 7 heteroatoms. The number of benzene rings is 2. The number of aliphatic hydroxyl groups is 1. The molecule has 2 heterocycles. The third kappa shape index (κ3) is 2.40. The number of nitrogens with zero attached hydrogens (tertiary/aromatic N) is 3. The first-order chi connectivity index (χ1) is 16.5. The van der Waals surface area contributed by atoms with Crippen molar-refractivity contribution in [2.45, 2.75) is 61.2 Å². The molecule has 2 aromatic rings. The molecule has 5 aliphatic rings. The van der Waals surface area contributed by atoms with Gasteiger partial charge in [-0.3, -0.25) is 4.90 Å². The molecule has 1 spiro atoms. The number of oxime groups is 1. The summed E-state index contributed by atoms with van der Waals surface area (Å²) in [6, 6.07) is 13.0. The summed E-state index contributed by atoms with van der Waals surface area (Å²) in [6.45, 7) is 1.85. The average Bonchev–Trinajstić information content (AvgIpc) is 3.59. The maximum Gasteiger partial charge on any atom is 0.165 e. The Morgan fingerprint density at radius 2 is 1.97 bits per heavy atom. The van der Waals surface area contributed by atoms with Gasteiger partial charge in [-0.15, -0.1) is 0 Å². The van der Waals surface area contributed by atoms with E-state index < -0.39 is 23.0 Å². The van der Waals surface area contributed by atoms with Crippen LogP contribution < -0.4 is 4.74 Å². The van der Waals surface area contributed by atoms with Crippen LogP contribution >= 0.6 is 0 Å². The predicted octanol–water partition coefficient (Wildman–Crippen LogP) is 3.05. The molecule has 7 rings (SSSR count). The smallest absolute Gasteiger partial charge is 0.165 e. The minimum Gasteiger partial charge on any atom is -0.504 e. The van der Waals surface area contributed by atoms with E-state index in [2.05, 4.69) is 16.1 Å². The van der Waals surface area contributed by atoms with E-state index in [9.17, 15) is 20.7 Å². The van der Waals surface area contributed by atoms with Gasteiger partial charge in [0.1, 0.15) is 6.10 Å². The predicted molar refractivity (Wildman–Crippen MR) is 123 cm³/mol.